The van der Waals surface area contributed by atoms with Gasteiger partial charge in [-0.05, 0) is 57.4 Å². The Morgan fingerprint density at radius 3 is 2.33 bits per heavy atom. The largest absolute Gasteiger partial charge is 0.307 e. The van der Waals surface area contributed by atoms with Gasteiger partial charge in [-0.15, -0.1) is 0 Å². The summed E-state index contributed by atoms with van der Waals surface area (Å²) in [6.07, 6.45) is 0.942. The van der Waals surface area contributed by atoms with Crippen LogP contribution in [0, 0.1) is 19.7 Å². The molecule has 4 heteroatoms. The van der Waals surface area contributed by atoms with Crippen LogP contribution in [-0.2, 0) is 13.5 Å². The van der Waals surface area contributed by atoms with E-state index in [0.29, 0.717) is 6.04 Å². The second kappa shape index (κ2) is 6.39. The number of aromatic nitrogens is 2. The average Bonchev–Trinajstić information content (AvgIpc) is 2.66. The van der Waals surface area contributed by atoms with Crippen molar-refractivity contribution in [2.75, 3.05) is 0 Å². The van der Waals surface area contributed by atoms with Crippen LogP contribution in [0.25, 0.3) is 0 Å². The van der Waals surface area contributed by atoms with Crippen molar-refractivity contribution < 1.29 is 4.39 Å². The topological polar surface area (TPSA) is 29.9 Å². The predicted octanol–water partition coefficient (Wildman–Crippen LogP) is 3.46. The number of rotatable bonds is 5. The van der Waals surface area contributed by atoms with Crippen molar-refractivity contribution in [3.8, 4) is 0 Å². The van der Waals surface area contributed by atoms with E-state index < -0.39 is 0 Å². The summed E-state index contributed by atoms with van der Waals surface area (Å²) < 4.78 is 14.9. The molecular weight excluding hydrogens is 265 g/mol. The molecule has 0 radical (unpaired) electrons. The zero-order valence-electron chi connectivity index (χ0n) is 13.4. The molecule has 0 unspecified atom stereocenters. The lowest BCUT2D eigenvalue weighted by atomic mass is 10.0. The fraction of sp³-hybridized carbons (Fsp3) is 0.471. The van der Waals surface area contributed by atoms with Crippen LogP contribution < -0.4 is 5.32 Å². The highest BCUT2D eigenvalue weighted by atomic mass is 19.1. The van der Waals surface area contributed by atoms with E-state index in [2.05, 4.69) is 38.1 Å². The first kappa shape index (κ1) is 15.7. The van der Waals surface area contributed by atoms with Crippen molar-refractivity contribution in [3.63, 3.8) is 0 Å². The van der Waals surface area contributed by atoms with E-state index in [1.807, 2.05) is 23.9 Å². The highest BCUT2D eigenvalue weighted by Crippen LogP contribution is 2.17. The molecule has 0 saturated carbocycles. The van der Waals surface area contributed by atoms with Crippen LogP contribution in [0.4, 0.5) is 4.39 Å². The zero-order chi connectivity index (χ0) is 15.6. The minimum Gasteiger partial charge on any atom is -0.307 e. The standard InChI is InChI=1S/C17H24FN3/c1-11(10-17-13(3)20-21(5)14(17)4)19-12(2)15-6-8-16(18)9-7-15/h6-9,11-12,19H,10H2,1-5H3/t11-,12+/m1/s1. The van der Waals surface area contributed by atoms with E-state index in [9.17, 15) is 4.39 Å². The second-order valence-electron chi connectivity index (χ2n) is 5.82. The van der Waals surface area contributed by atoms with Crippen molar-refractivity contribution in [2.24, 2.45) is 7.05 Å². The van der Waals surface area contributed by atoms with Gasteiger partial charge in [-0.1, -0.05) is 12.1 Å². The van der Waals surface area contributed by atoms with Gasteiger partial charge in [0.1, 0.15) is 5.82 Å². The van der Waals surface area contributed by atoms with Gasteiger partial charge >= 0.3 is 0 Å². The van der Waals surface area contributed by atoms with Crippen LogP contribution in [0.15, 0.2) is 24.3 Å². The smallest absolute Gasteiger partial charge is 0.123 e. The summed E-state index contributed by atoms with van der Waals surface area (Å²) in [7, 11) is 1.98. The van der Waals surface area contributed by atoms with Crippen molar-refractivity contribution in [3.05, 3.63) is 52.6 Å². The Morgan fingerprint density at radius 2 is 1.81 bits per heavy atom. The molecule has 0 aliphatic carbocycles. The van der Waals surface area contributed by atoms with E-state index >= 15 is 0 Å². The number of nitrogens with zero attached hydrogens (tertiary/aromatic N) is 2. The lowest BCUT2D eigenvalue weighted by Gasteiger charge is -2.20. The Bertz CT molecular complexity index is 601. The van der Waals surface area contributed by atoms with E-state index in [1.165, 1.54) is 23.4 Å². The Kier molecular flexibility index (Phi) is 4.78. The summed E-state index contributed by atoms with van der Waals surface area (Å²) in [6.45, 7) is 8.43. The quantitative estimate of drug-likeness (QED) is 0.913. The fourth-order valence-corrected chi connectivity index (χ4v) is 2.75. The third-order valence-electron chi connectivity index (χ3n) is 4.07. The van der Waals surface area contributed by atoms with Crippen molar-refractivity contribution in [1.82, 2.24) is 15.1 Å². The van der Waals surface area contributed by atoms with E-state index in [1.54, 1.807) is 0 Å². The lowest BCUT2D eigenvalue weighted by Crippen LogP contribution is -2.31. The minimum absolute atomic E-state index is 0.192. The molecule has 0 spiro atoms. The third kappa shape index (κ3) is 3.70. The zero-order valence-corrected chi connectivity index (χ0v) is 13.4. The Morgan fingerprint density at radius 1 is 1.19 bits per heavy atom. The van der Waals surface area contributed by atoms with Crippen LogP contribution in [0.1, 0.15) is 42.4 Å². The van der Waals surface area contributed by atoms with Gasteiger partial charge in [-0.25, -0.2) is 4.39 Å². The van der Waals surface area contributed by atoms with Gasteiger partial charge in [0.15, 0.2) is 0 Å². The van der Waals surface area contributed by atoms with Gasteiger partial charge in [-0.3, -0.25) is 4.68 Å². The second-order valence-corrected chi connectivity index (χ2v) is 5.82. The molecule has 1 aromatic carbocycles. The number of benzene rings is 1. The number of halogens is 1. The number of hydrogen-bond acceptors (Lipinski definition) is 2. The van der Waals surface area contributed by atoms with Crippen LogP contribution in [0.2, 0.25) is 0 Å². The molecule has 0 bridgehead atoms. The minimum atomic E-state index is -0.194. The van der Waals surface area contributed by atoms with E-state index in [0.717, 1.165) is 17.7 Å². The average molecular weight is 289 g/mol. The van der Waals surface area contributed by atoms with Gasteiger partial charge in [0.05, 0.1) is 5.69 Å². The summed E-state index contributed by atoms with van der Waals surface area (Å²) in [5.41, 5.74) is 4.72. The predicted molar refractivity (Wildman–Crippen MR) is 83.8 cm³/mol. The molecule has 2 rings (SSSR count). The molecule has 0 aliphatic rings. The highest BCUT2D eigenvalue weighted by molar-refractivity contribution is 5.25. The van der Waals surface area contributed by atoms with Crippen LogP contribution in [-0.4, -0.2) is 15.8 Å². The summed E-state index contributed by atoms with van der Waals surface area (Å²) in [6, 6.07) is 7.20. The Balaban J connectivity index is 2.01. The maximum Gasteiger partial charge on any atom is 0.123 e. The fourth-order valence-electron chi connectivity index (χ4n) is 2.75. The molecule has 2 atom stereocenters. The molecule has 21 heavy (non-hydrogen) atoms. The molecule has 0 amide bonds. The monoisotopic (exact) mass is 289 g/mol. The Hall–Kier alpha value is -1.68. The van der Waals surface area contributed by atoms with Gasteiger partial charge in [0.2, 0.25) is 0 Å². The van der Waals surface area contributed by atoms with Crippen molar-refractivity contribution >= 4 is 0 Å². The van der Waals surface area contributed by atoms with E-state index in [-0.39, 0.29) is 11.9 Å². The van der Waals surface area contributed by atoms with Gasteiger partial charge in [0.25, 0.3) is 0 Å². The van der Waals surface area contributed by atoms with Crippen LogP contribution in [0.3, 0.4) is 0 Å². The van der Waals surface area contributed by atoms with E-state index in [4.69, 9.17) is 0 Å². The van der Waals surface area contributed by atoms with Crippen LogP contribution in [0.5, 0.6) is 0 Å². The molecule has 0 fully saturated rings. The van der Waals surface area contributed by atoms with Crippen LogP contribution >= 0.6 is 0 Å². The maximum atomic E-state index is 13.0. The molecule has 1 N–H and O–H groups in total. The SMILES string of the molecule is Cc1nn(C)c(C)c1C[C@@H](C)N[C@@H](C)c1ccc(F)cc1. The summed E-state index contributed by atoms with van der Waals surface area (Å²) in [4.78, 5) is 0. The summed E-state index contributed by atoms with van der Waals surface area (Å²) in [5, 5.41) is 8.03. The molecular formula is C17H24FN3. The third-order valence-corrected chi connectivity index (χ3v) is 4.07. The van der Waals surface area contributed by atoms with Gasteiger partial charge in [0, 0.05) is 24.8 Å². The van der Waals surface area contributed by atoms with Crippen molar-refractivity contribution in [1.29, 1.82) is 0 Å². The number of nitrogens with one attached hydrogen (secondary N) is 1. The molecule has 0 saturated heterocycles. The molecule has 2 aromatic rings. The molecule has 1 heterocycles. The Labute approximate surface area is 126 Å². The lowest BCUT2D eigenvalue weighted by molar-refractivity contribution is 0.475. The first-order valence-electron chi connectivity index (χ1n) is 7.39. The summed E-state index contributed by atoms with van der Waals surface area (Å²) >= 11 is 0. The molecule has 114 valence electrons. The van der Waals surface area contributed by atoms with Gasteiger partial charge < -0.3 is 5.32 Å². The van der Waals surface area contributed by atoms with Crippen molar-refractivity contribution in [2.45, 2.75) is 46.2 Å². The number of hydrogen-bond donors (Lipinski definition) is 1. The maximum absolute atomic E-state index is 13.0. The first-order valence-corrected chi connectivity index (χ1v) is 7.39. The highest BCUT2D eigenvalue weighted by Gasteiger charge is 2.15. The normalized spacial score (nSPS) is 14.2. The first-order chi connectivity index (χ1) is 9.88. The summed E-state index contributed by atoms with van der Waals surface area (Å²) in [5.74, 6) is -0.194. The molecule has 0 aliphatic heterocycles. The molecule has 3 nitrogen and oxygen atoms in total. The van der Waals surface area contributed by atoms with Gasteiger partial charge in [-0.2, -0.15) is 5.10 Å². The number of aryl methyl sites for hydroxylation is 2. The molecule has 1 aromatic heterocycles.